The van der Waals surface area contributed by atoms with E-state index in [0.29, 0.717) is 45.8 Å². The van der Waals surface area contributed by atoms with E-state index < -0.39 is 0 Å². The molecule has 1 amide bonds. The van der Waals surface area contributed by atoms with Crippen molar-refractivity contribution >= 4 is 5.91 Å². The van der Waals surface area contributed by atoms with Crippen LogP contribution in [0.5, 0.6) is 0 Å². The average Bonchev–Trinajstić information content (AvgIpc) is 2.67. The van der Waals surface area contributed by atoms with Crippen LogP contribution in [0, 0.1) is 5.92 Å². The minimum absolute atomic E-state index is 0.0134. The molecule has 2 saturated heterocycles. The van der Waals surface area contributed by atoms with E-state index in [2.05, 4.69) is 11.8 Å². The maximum atomic E-state index is 12.6. The molecule has 1 atom stereocenters. The maximum Gasteiger partial charge on any atom is 0.226 e. The van der Waals surface area contributed by atoms with Crippen molar-refractivity contribution in [2.45, 2.75) is 37.9 Å². The van der Waals surface area contributed by atoms with E-state index in [4.69, 9.17) is 9.47 Å². The van der Waals surface area contributed by atoms with E-state index in [0.717, 1.165) is 26.1 Å². The molecule has 0 radical (unpaired) electrons. The largest absolute Gasteiger partial charge is 0.393 e. The number of hydrogen-bond donors (Lipinski definition) is 1. The van der Waals surface area contributed by atoms with Gasteiger partial charge in [-0.1, -0.05) is 6.92 Å². The molecule has 1 spiro atoms. The lowest BCUT2D eigenvalue weighted by Crippen LogP contribution is -2.60. The highest BCUT2D eigenvalue weighted by Gasteiger charge is 2.43. The lowest BCUT2D eigenvalue weighted by molar-refractivity contribution is -0.157. The number of aliphatic hydroxyl groups is 1. The van der Waals surface area contributed by atoms with Crippen LogP contribution in [-0.4, -0.2) is 85.1 Å². The Balaban J connectivity index is 1.65. The van der Waals surface area contributed by atoms with Gasteiger partial charge in [0.2, 0.25) is 5.91 Å². The third kappa shape index (κ3) is 3.45. The van der Waals surface area contributed by atoms with Crippen LogP contribution >= 0.6 is 0 Å². The number of rotatable bonds is 3. The zero-order valence-corrected chi connectivity index (χ0v) is 13.5. The molecule has 0 aromatic carbocycles. The Morgan fingerprint density at radius 3 is 2.82 bits per heavy atom. The fraction of sp³-hybridized carbons (Fsp3) is 0.938. The average molecular weight is 312 g/mol. The summed E-state index contributed by atoms with van der Waals surface area (Å²) in [4.78, 5) is 16.9. The molecule has 22 heavy (non-hydrogen) atoms. The van der Waals surface area contributed by atoms with Gasteiger partial charge in [-0.05, 0) is 25.8 Å². The fourth-order valence-electron chi connectivity index (χ4n) is 3.75. The van der Waals surface area contributed by atoms with Crippen molar-refractivity contribution < 1.29 is 19.4 Å². The van der Waals surface area contributed by atoms with Gasteiger partial charge < -0.3 is 19.5 Å². The molecule has 3 fully saturated rings. The summed E-state index contributed by atoms with van der Waals surface area (Å²) in [6.07, 6.45) is 2.04. The Kier molecular flexibility index (Phi) is 5.02. The van der Waals surface area contributed by atoms with Gasteiger partial charge in [-0.2, -0.15) is 0 Å². The SMILES string of the molecule is CCCN1CCO[C@@]2(COCCN(C(=O)C3CC(O)C3)C2)C1. The molecular formula is C16H28N2O4. The molecule has 6 heteroatoms. The molecule has 2 aliphatic heterocycles. The van der Waals surface area contributed by atoms with Gasteiger partial charge in [-0.25, -0.2) is 0 Å². The normalized spacial score (nSPS) is 36.9. The minimum atomic E-state index is -0.387. The van der Waals surface area contributed by atoms with Gasteiger partial charge in [-0.3, -0.25) is 9.69 Å². The number of aliphatic hydroxyl groups excluding tert-OH is 1. The first-order chi connectivity index (χ1) is 10.6. The minimum Gasteiger partial charge on any atom is -0.393 e. The van der Waals surface area contributed by atoms with Crippen molar-refractivity contribution in [3.05, 3.63) is 0 Å². The molecule has 6 nitrogen and oxygen atoms in total. The molecule has 0 bridgehead atoms. The maximum absolute atomic E-state index is 12.6. The summed E-state index contributed by atoms with van der Waals surface area (Å²) in [5.74, 6) is 0.145. The predicted molar refractivity (Wildman–Crippen MR) is 81.5 cm³/mol. The van der Waals surface area contributed by atoms with Crippen LogP contribution < -0.4 is 0 Å². The standard InChI is InChI=1S/C16H28N2O4/c1-2-3-17-4-7-22-16(10-17)11-18(5-6-21-12-16)15(20)13-8-14(19)9-13/h13-14,19H,2-12H2,1H3/t13?,14?,16-/m0/s1. The van der Waals surface area contributed by atoms with Crippen molar-refractivity contribution in [1.29, 1.82) is 0 Å². The van der Waals surface area contributed by atoms with Crippen LogP contribution in [0.1, 0.15) is 26.2 Å². The molecule has 1 saturated carbocycles. The van der Waals surface area contributed by atoms with Crippen LogP contribution in [-0.2, 0) is 14.3 Å². The van der Waals surface area contributed by atoms with Gasteiger partial charge in [0.1, 0.15) is 5.60 Å². The van der Waals surface area contributed by atoms with Gasteiger partial charge in [0.25, 0.3) is 0 Å². The topological polar surface area (TPSA) is 62.2 Å². The first kappa shape index (κ1) is 16.2. The quantitative estimate of drug-likeness (QED) is 0.801. The van der Waals surface area contributed by atoms with E-state index in [1.54, 1.807) is 0 Å². The van der Waals surface area contributed by atoms with Crippen molar-refractivity contribution in [3.63, 3.8) is 0 Å². The third-order valence-corrected chi connectivity index (χ3v) is 4.99. The van der Waals surface area contributed by atoms with Gasteiger partial charge in [0.05, 0.1) is 32.5 Å². The Hall–Kier alpha value is -0.690. The highest BCUT2D eigenvalue weighted by atomic mass is 16.5. The number of carbonyl (C=O) groups excluding carboxylic acids is 1. The van der Waals surface area contributed by atoms with E-state index in [1.807, 2.05) is 4.90 Å². The summed E-state index contributed by atoms with van der Waals surface area (Å²) in [6, 6.07) is 0. The van der Waals surface area contributed by atoms with Crippen molar-refractivity contribution in [2.24, 2.45) is 5.92 Å². The van der Waals surface area contributed by atoms with Crippen LogP contribution in [0.25, 0.3) is 0 Å². The second kappa shape index (κ2) is 6.83. The predicted octanol–water partition coefficient (Wildman–Crippen LogP) is 0.0971. The molecule has 3 aliphatic rings. The Bertz CT molecular complexity index is 398. The number of hydrogen-bond acceptors (Lipinski definition) is 5. The summed E-state index contributed by atoms with van der Waals surface area (Å²) >= 11 is 0. The second-order valence-electron chi connectivity index (χ2n) is 6.94. The molecule has 1 aliphatic carbocycles. The smallest absolute Gasteiger partial charge is 0.226 e. The number of amides is 1. The summed E-state index contributed by atoms with van der Waals surface area (Å²) in [5.41, 5.74) is -0.387. The van der Waals surface area contributed by atoms with E-state index in [9.17, 15) is 9.90 Å². The molecule has 2 heterocycles. The van der Waals surface area contributed by atoms with Crippen molar-refractivity contribution in [2.75, 3.05) is 52.5 Å². The summed E-state index contributed by atoms with van der Waals surface area (Å²) < 4.78 is 11.8. The van der Waals surface area contributed by atoms with Gasteiger partial charge in [-0.15, -0.1) is 0 Å². The zero-order valence-electron chi connectivity index (χ0n) is 13.5. The Morgan fingerprint density at radius 2 is 2.09 bits per heavy atom. The highest BCUT2D eigenvalue weighted by Crippen LogP contribution is 2.31. The fourth-order valence-corrected chi connectivity index (χ4v) is 3.75. The summed E-state index contributed by atoms with van der Waals surface area (Å²) in [6.45, 7) is 8.11. The van der Waals surface area contributed by atoms with E-state index in [-0.39, 0.29) is 23.5 Å². The second-order valence-corrected chi connectivity index (χ2v) is 6.94. The first-order valence-corrected chi connectivity index (χ1v) is 8.53. The van der Waals surface area contributed by atoms with Crippen molar-refractivity contribution in [1.82, 2.24) is 9.80 Å². The Morgan fingerprint density at radius 1 is 1.27 bits per heavy atom. The van der Waals surface area contributed by atoms with E-state index in [1.165, 1.54) is 0 Å². The van der Waals surface area contributed by atoms with Crippen molar-refractivity contribution in [3.8, 4) is 0 Å². The van der Waals surface area contributed by atoms with Crippen LogP contribution in [0.3, 0.4) is 0 Å². The van der Waals surface area contributed by atoms with E-state index >= 15 is 0 Å². The number of carbonyl (C=O) groups is 1. The van der Waals surface area contributed by atoms with Gasteiger partial charge in [0.15, 0.2) is 0 Å². The van der Waals surface area contributed by atoms with Crippen LogP contribution in [0.4, 0.5) is 0 Å². The van der Waals surface area contributed by atoms with Gasteiger partial charge in [0, 0.05) is 25.6 Å². The van der Waals surface area contributed by atoms with Gasteiger partial charge >= 0.3 is 0 Å². The molecule has 1 N–H and O–H groups in total. The third-order valence-electron chi connectivity index (χ3n) is 4.99. The molecule has 126 valence electrons. The molecule has 0 aromatic rings. The molecular weight excluding hydrogens is 284 g/mol. The van der Waals surface area contributed by atoms with Crippen LogP contribution in [0.15, 0.2) is 0 Å². The van der Waals surface area contributed by atoms with Crippen LogP contribution in [0.2, 0.25) is 0 Å². The lowest BCUT2D eigenvalue weighted by atomic mass is 9.81. The molecule has 3 rings (SSSR count). The molecule has 0 unspecified atom stereocenters. The number of morpholine rings is 1. The highest BCUT2D eigenvalue weighted by molar-refractivity contribution is 5.80. The monoisotopic (exact) mass is 312 g/mol. The Labute approximate surface area is 132 Å². The number of nitrogens with zero attached hydrogens (tertiary/aromatic N) is 2. The number of ether oxygens (including phenoxy) is 2. The molecule has 0 aromatic heterocycles. The first-order valence-electron chi connectivity index (χ1n) is 8.53. The zero-order chi connectivity index (χ0) is 15.6. The lowest BCUT2D eigenvalue weighted by Gasteiger charge is -2.44. The summed E-state index contributed by atoms with van der Waals surface area (Å²) in [5, 5.41) is 9.43. The summed E-state index contributed by atoms with van der Waals surface area (Å²) in [7, 11) is 0.